The van der Waals surface area contributed by atoms with E-state index in [9.17, 15) is 9.90 Å². The minimum atomic E-state index is -0.353. The molecule has 0 aliphatic carbocycles. The summed E-state index contributed by atoms with van der Waals surface area (Å²) in [5.41, 5.74) is 0.750. The number of aliphatic hydroxyl groups excluding tert-OH is 1. The molecule has 0 saturated carbocycles. The molecule has 1 saturated heterocycles. The van der Waals surface area contributed by atoms with Gasteiger partial charge >= 0.3 is 0 Å². The van der Waals surface area contributed by atoms with Crippen LogP contribution in [0.2, 0.25) is 0 Å². The molecule has 6 nitrogen and oxygen atoms in total. The Morgan fingerprint density at radius 1 is 1.20 bits per heavy atom. The summed E-state index contributed by atoms with van der Waals surface area (Å²) < 4.78 is 11.2. The van der Waals surface area contributed by atoms with Crippen molar-refractivity contribution in [3.63, 3.8) is 0 Å². The standard InChI is InChI=1S/C19H24N2O4/c1-15(22)13-20-8-10-21(11-9-20)19(23)18-16(7-12-24-18)14-25-17-5-3-2-4-6-17/h2-7,12,15,22H,8-11,13-14H2,1H3/t15-/m1/s1. The normalized spacial score (nSPS) is 16.6. The molecule has 134 valence electrons. The summed E-state index contributed by atoms with van der Waals surface area (Å²) in [6.45, 7) is 5.48. The highest BCUT2D eigenvalue weighted by molar-refractivity contribution is 5.93. The number of benzene rings is 1. The van der Waals surface area contributed by atoms with Crippen LogP contribution in [0.3, 0.4) is 0 Å². The lowest BCUT2D eigenvalue weighted by molar-refractivity contribution is 0.0525. The molecule has 0 radical (unpaired) electrons. The number of hydrogen-bond acceptors (Lipinski definition) is 5. The van der Waals surface area contributed by atoms with Gasteiger partial charge in [-0.2, -0.15) is 0 Å². The molecule has 25 heavy (non-hydrogen) atoms. The first-order chi connectivity index (χ1) is 12.1. The Kier molecular flexibility index (Phi) is 5.73. The van der Waals surface area contributed by atoms with Crippen LogP contribution in [0.25, 0.3) is 0 Å². The quantitative estimate of drug-likeness (QED) is 0.868. The minimum absolute atomic E-state index is 0.103. The van der Waals surface area contributed by atoms with E-state index in [0.29, 0.717) is 32.0 Å². The Morgan fingerprint density at radius 2 is 1.92 bits per heavy atom. The number of furan rings is 1. The summed E-state index contributed by atoms with van der Waals surface area (Å²) in [6.07, 6.45) is 1.18. The highest BCUT2D eigenvalue weighted by atomic mass is 16.5. The Morgan fingerprint density at radius 3 is 2.60 bits per heavy atom. The van der Waals surface area contributed by atoms with Crippen LogP contribution < -0.4 is 4.74 Å². The first kappa shape index (κ1) is 17.5. The van der Waals surface area contributed by atoms with Crippen molar-refractivity contribution >= 4 is 5.91 Å². The molecule has 1 aliphatic heterocycles. The summed E-state index contributed by atoms with van der Waals surface area (Å²) in [5, 5.41) is 9.47. The molecule has 1 aromatic heterocycles. The van der Waals surface area contributed by atoms with Gasteiger partial charge in [0, 0.05) is 38.3 Å². The maximum atomic E-state index is 12.7. The van der Waals surface area contributed by atoms with Gasteiger partial charge in [-0.25, -0.2) is 0 Å². The van der Waals surface area contributed by atoms with Gasteiger partial charge in [-0.3, -0.25) is 9.69 Å². The van der Waals surface area contributed by atoms with E-state index in [0.717, 1.165) is 24.4 Å². The van der Waals surface area contributed by atoms with E-state index in [1.165, 1.54) is 6.26 Å². The molecule has 3 rings (SSSR count). The van der Waals surface area contributed by atoms with E-state index in [1.54, 1.807) is 17.9 Å². The molecular weight excluding hydrogens is 320 g/mol. The van der Waals surface area contributed by atoms with Crippen LogP contribution in [-0.2, 0) is 6.61 Å². The van der Waals surface area contributed by atoms with Crippen LogP contribution in [0.1, 0.15) is 23.0 Å². The van der Waals surface area contributed by atoms with Crippen molar-refractivity contribution in [1.29, 1.82) is 0 Å². The summed E-state index contributed by atoms with van der Waals surface area (Å²) in [6, 6.07) is 11.3. The zero-order valence-corrected chi connectivity index (χ0v) is 14.4. The van der Waals surface area contributed by atoms with E-state index < -0.39 is 0 Å². The lowest BCUT2D eigenvalue weighted by Gasteiger charge is -2.34. The Labute approximate surface area is 147 Å². The Bertz CT molecular complexity index is 676. The predicted octanol–water partition coefficient (Wildman–Crippen LogP) is 2.00. The molecule has 2 aromatic rings. The number of aliphatic hydroxyl groups is 1. The van der Waals surface area contributed by atoms with Gasteiger partial charge in [0.1, 0.15) is 12.4 Å². The van der Waals surface area contributed by atoms with Crippen LogP contribution in [0, 0.1) is 0 Å². The highest BCUT2D eigenvalue weighted by Gasteiger charge is 2.26. The fourth-order valence-electron chi connectivity index (χ4n) is 2.97. The second kappa shape index (κ2) is 8.18. The lowest BCUT2D eigenvalue weighted by Crippen LogP contribution is -2.50. The molecule has 0 bridgehead atoms. The minimum Gasteiger partial charge on any atom is -0.489 e. The number of hydrogen-bond donors (Lipinski definition) is 1. The average Bonchev–Trinajstić information content (AvgIpc) is 3.09. The van der Waals surface area contributed by atoms with Gasteiger partial charge < -0.3 is 19.2 Å². The van der Waals surface area contributed by atoms with Crippen LogP contribution >= 0.6 is 0 Å². The summed E-state index contributed by atoms with van der Waals surface area (Å²) in [7, 11) is 0. The molecule has 1 aliphatic rings. The SMILES string of the molecule is C[C@@H](O)CN1CCN(C(=O)c2occc2COc2ccccc2)CC1. The van der Waals surface area contributed by atoms with Crippen molar-refractivity contribution in [3.05, 3.63) is 54.0 Å². The topological polar surface area (TPSA) is 66.2 Å². The number of carbonyl (C=O) groups excluding carboxylic acids is 1. The van der Waals surface area contributed by atoms with Gasteiger partial charge in [-0.05, 0) is 25.1 Å². The first-order valence-corrected chi connectivity index (χ1v) is 8.57. The van der Waals surface area contributed by atoms with Crippen LogP contribution in [0.15, 0.2) is 47.1 Å². The number of piperazine rings is 1. The van der Waals surface area contributed by atoms with Crippen LogP contribution in [-0.4, -0.2) is 59.6 Å². The van der Waals surface area contributed by atoms with Gasteiger partial charge in [-0.15, -0.1) is 0 Å². The van der Waals surface area contributed by atoms with Crippen molar-refractivity contribution in [2.75, 3.05) is 32.7 Å². The molecule has 0 unspecified atom stereocenters. The van der Waals surface area contributed by atoms with E-state index in [2.05, 4.69) is 4.90 Å². The first-order valence-electron chi connectivity index (χ1n) is 8.57. The molecule has 1 atom stereocenters. The van der Waals surface area contributed by atoms with E-state index >= 15 is 0 Å². The fourth-order valence-corrected chi connectivity index (χ4v) is 2.97. The van der Waals surface area contributed by atoms with E-state index in [-0.39, 0.29) is 12.0 Å². The van der Waals surface area contributed by atoms with Gasteiger partial charge in [0.15, 0.2) is 5.76 Å². The Hall–Kier alpha value is -2.31. The van der Waals surface area contributed by atoms with Crippen LogP contribution in [0.5, 0.6) is 5.75 Å². The molecule has 0 spiro atoms. The number of ether oxygens (including phenoxy) is 1. The monoisotopic (exact) mass is 344 g/mol. The average molecular weight is 344 g/mol. The maximum absolute atomic E-state index is 12.7. The highest BCUT2D eigenvalue weighted by Crippen LogP contribution is 2.18. The third-order valence-corrected chi connectivity index (χ3v) is 4.26. The fraction of sp³-hybridized carbons (Fsp3) is 0.421. The number of β-amino-alcohol motifs (C(OH)–C–C–N with tert-alkyl or cyclic N) is 1. The molecule has 2 heterocycles. The van der Waals surface area contributed by atoms with Gasteiger partial charge in [-0.1, -0.05) is 18.2 Å². The smallest absolute Gasteiger partial charge is 0.290 e. The van der Waals surface area contributed by atoms with Gasteiger partial charge in [0.05, 0.1) is 12.4 Å². The zero-order chi connectivity index (χ0) is 17.6. The number of para-hydroxylation sites is 1. The van der Waals surface area contributed by atoms with Crippen molar-refractivity contribution in [2.24, 2.45) is 0 Å². The summed E-state index contributed by atoms with van der Waals surface area (Å²) >= 11 is 0. The van der Waals surface area contributed by atoms with Crippen molar-refractivity contribution < 1.29 is 19.1 Å². The number of carbonyl (C=O) groups is 1. The number of amides is 1. The molecule has 1 amide bonds. The largest absolute Gasteiger partial charge is 0.489 e. The van der Waals surface area contributed by atoms with Crippen molar-refractivity contribution in [1.82, 2.24) is 9.80 Å². The third kappa shape index (κ3) is 4.61. The Balaban J connectivity index is 1.57. The summed E-state index contributed by atoms with van der Waals surface area (Å²) in [5.74, 6) is 1.00. The van der Waals surface area contributed by atoms with Crippen molar-refractivity contribution in [3.8, 4) is 5.75 Å². The molecule has 1 N–H and O–H groups in total. The van der Waals surface area contributed by atoms with Crippen LogP contribution in [0.4, 0.5) is 0 Å². The van der Waals surface area contributed by atoms with Gasteiger partial charge in [0.2, 0.25) is 0 Å². The number of rotatable bonds is 6. The van der Waals surface area contributed by atoms with E-state index in [1.807, 2.05) is 30.3 Å². The second-order valence-electron chi connectivity index (χ2n) is 6.32. The second-order valence-corrected chi connectivity index (χ2v) is 6.32. The molecule has 6 heteroatoms. The molecule has 1 aromatic carbocycles. The van der Waals surface area contributed by atoms with Crippen molar-refractivity contribution in [2.45, 2.75) is 19.6 Å². The third-order valence-electron chi connectivity index (χ3n) is 4.26. The number of nitrogens with zero attached hydrogens (tertiary/aromatic N) is 2. The summed E-state index contributed by atoms with van der Waals surface area (Å²) in [4.78, 5) is 16.7. The zero-order valence-electron chi connectivity index (χ0n) is 14.4. The van der Waals surface area contributed by atoms with E-state index in [4.69, 9.17) is 9.15 Å². The molecular formula is C19H24N2O4. The van der Waals surface area contributed by atoms with Gasteiger partial charge in [0.25, 0.3) is 5.91 Å². The molecule has 1 fully saturated rings. The lowest BCUT2D eigenvalue weighted by atomic mass is 10.2. The predicted molar refractivity (Wildman–Crippen MR) is 93.5 cm³/mol. The maximum Gasteiger partial charge on any atom is 0.290 e.